The summed E-state index contributed by atoms with van der Waals surface area (Å²) in [7, 11) is 0. The average molecular weight is 274 g/mol. The molecule has 0 atom stereocenters. The van der Waals surface area contributed by atoms with Crippen LogP contribution in [-0.2, 0) is 0 Å². The summed E-state index contributed by atoms with van der Waals surface area (Å²) in [6.07, 6.45) is 0. The molecular weight excluding hydrogens is 266 g/mol. The summed E-state index contributed by atoms with van der Waals surface area (Å²) in [4.78, 5) is 0. The molecule has 0 N–H and O–H groups in total. The second-order valence-corrected chi connectivity index (χ2v) is 4.37. The Morgan fingerprint density at radius 1 is 0.938 bits per heavy atom. The van der Waals surface area contributed by atoms with Crippen molar-refractivity contribution in [3.05, 3.63) is 53.0 Å². The summed E-state index contributed by atoms with van der Waals surface area (Å²) < 4.78 is 6.41. The maximum absolute atomic E-state index is 5.40. The van der Waals surface area contributed by atoms with Gasteiger partial charge < -0.3 is 4.52 Å². The SMILES string of the molecule is Brc1cccc2noc(-c3ccccc3)c12. The van der Waals surface area contributed by atoms with Crippen molar-refractivity contribution in [1.82, 2.24) is 5.16 Å². The molecule has 1 heterocycles. The van der Waals surface area contributed by atoms with E-state index in [-0.39, 0.29) is 0 Å². The monoisotopic (exact) mass is 273 g/mol. The minimum atomic E-state index is 0.808. The number of fused-ring (bicyclic) bond motifs is 1. The number of hydrogen-bond donors (Lipinski definition) is 0. The van der Waals surface area contributed by atoms with Crippen LogP contribution in [0.5, 0.6) is 0 Å². The van der Waals surface area contributed by atoms with Gasteiger partial charge in [0.05, 0.1) is 5.39 Å². The summed E-state index contributed by atoms with van der Waals surface area (Å²) in [5.74, 6) is 0.808. The molecule has 0 fully saturated rings. The second kappa shape index (κ2) is 3.76. The van der Waals surface area contributed by atoms with Gasteiger partial charge in [-0.15, -0.1) is 0 Å². The largest absolute Gasteiger partial charge is 0.355 e. The molecule has 0 saturated carbocycles. The summed E-state index contributed by atoms with van der Waals surface area (Å²) in [5.41, 5.74) is 1.91. The van der Waals surface area contributed by atoms with Crippen molar-refractivity contribution in [2.75, 3.05) is 0 Å². The molecule has 3 aromatic rings. The van der Waals surface area contributed by atoms with Crippen molar-refractivity contribution in [2.24, 2.45) is 0 Å². The highest BCUT2D eigenvalue weighted by atomic mass is 79.9. The van der Waals surface area contributed by atoms with E-state index in [0.717, 1.165) is 26.7 Å². The first kappa shape index (κ1) is 9.60. The number of halogens is 1. The molecule has 0 spiro atoms. The molecule has 0 saturated heterocycles. The Bertz CT molecular complexity index is 631. The van der Waals surface area contributed by atoms with Crippen LogP contribution in [0.15, 0.2) is 57.5 Å². The van der Waals surface area contributed by atoms with Crippen LogP contribution in [0.4, 0.5) is 0 Å². The summed E-state index contributed by atoms with van der Waals surface area (Å²) in [6.45, 7) is 0. The fraction of sp³-hybridized carbons (Fsp3) is 0. The first-order valence-electron chi connectivity index (χ1n) is 4.95. The van der Waals surface area contributed by atoms with E-state index in [0.29, 0.717) is 0 Å². The number of rotatable bonds is 1. The molecule has 2 nitrogen and oxygen atoms in total. The third-order valence-electron chi connectivity index (χ3n) is 2.49. The molecule has 2 aromatic carbocycles. The van der Waals surface area contributed by atoms with Crippen molar-refractivity contribution in [2.45, 2.75) is 0 Å². The number of aromatic nitrogens is 1. The molecule has 1 aromatic heterocycles. The molecule has 0 aliphatic carbocycles. The third kappa shape index (κ3) is 1.44. The lowest BCUT2D eigenvalue weighted by molar-refractivity contribution is 0.441. The van der Waals surface area contributed by atoms with E-state index in [1.54, 1.807) is 0 Å². The van der Waals surface area contributed by atoms with Gasteiger partial charge in [-0.25, -0.2) is 0 Å². The highest BCUT2D eigenvalue weighted by molar-refractivity contribution is 9.10. The van der Waals surface area contributed by atoms with Gasteiger partial charge in [-0.2, -0.15) is 0 Å². The first-order chi connectivity index (χ1) is 7.86. The molecule has 16 heavy (non-hydrogen) atoms. The van der Waals surface area contributed by atoms with Gasteiger partial charge in [0.25, 0.3) is 0 Å². The molecular formula is C13H8BrNO. The fourth-order valence-corrected chi connectivity index (χ4v) is 2.28. The molecule has 0 amide bonds. The number of benzene rings is 2. The Hall–Kier alpha value is -1.61. The first-order valence-corrected chi connectivity index (χ1v) is 5.75. The zero-order valence-corrected chi connectivity index (χ0v) is 9.94. The molecule has 3 heteroatoms. The molecule has 0 radical (unpaired) electrons. The fourth-order valence-electron chi connectivity index (χ4n) is 1.74. The topological polar surface area (TPSA) is 26.0 Å². The van der Waals surface area contributed by atoms with Crippen LogP contribution in [0.1, 0.15) is 0 Å². The summed E-state index contributed by atoms with van der Waals surface area (Å²) in [5, 5.41) is 5.07. The van der Waals surface area contributed by atoms with Gasteiger partial charge in [-0.05, 0) is 28.1 Å². The molecule has 78 valence electrons. The maximum atomic E-state index is 5.40. The van der Waals surface area contributed by atoms with E-state index in [9.17, 15) is 0 Å². The number of hydrogen-bond acceptors (Lipinski definition) is 2. The molecule has 3 rings (SSSR count). The van der Waals surface area contributed by atoms with Crippen LogP contribution in [0.25, 0.3) is 22.2 Å². The van der Waals surface area contributed by atoms with Crippen molar-refractivity contribution in [3.8, 4) is 11.3 Å². The zero-order chi connectivity index (χ0) is 11.0. The quantitative estimate of drug-likeness (QED) is 0.662. The highest BCUT2D eigenvalue weighted by Crippen LogP contribution is 2.33. The smallest absolute Gasteiger partial charge is 0.175 e. The van der Waals surface area contributed by atoms with E-state index in [1.807, 2.05) is 48.5 Å². The summed E-state index contributed by atoms with van der Waals surface area (Å²) >= 11 is 3.52. The van der Waals surface area contributed by atoms with E-state index in [4.69, 9.17) is 4.52 Å². The van der Waals surface area contributed by atoms with Gasteiger partial charge in [-0.1, -0.05) is 41.6 Å². The van der Waals surface area contributed by atoms with Crippen molar-refractivity contribution in [1.29, 1.82) is 0 Å². The van der Waals surface area contributed by atoms with Gasteiger partial charge in [-0.3, -0.25) is 0 Å². The van der Waals surface area contributed by atoms with E-state index in [1.165, 1.54) is 0 Å². The Morgan fingerprint density at radius 3 is 2.56 bits per heavy atom. The molecule has 0 bridgehead atoms. The van der Waals surface area contributed by atoms with Crippen molar-refractivity contribution in [3.63, 3.8) is 0 Å². The van der Waals surface area contributed by atoms with E-state index in [2.05, 4.69) is 21.1 Å². The second-order valence-electron chi connectivity index (χ2n) is 3.51. The molecule has 0 aliphatic heterocycles. The van der Waals surface area contributed by atoms with Crippen LogP contribution in [-0.4, -0.2) is 5.16 Å². The van der Waals surface area contributed by atoms with Gasteiger partial charge in [0, 0.05) is 10.0 Å². The summed E-state index contributed by atoms with van der Waals surface area (Å²) in [6, 6.07) is 15.9. The average Bonchev–Trinajstić information content (AvgIpc) is 2.75. The molecule has 0 unspecified atom stereocenters. The minimum absolute atomic E-state index is 0.808. The van der Waals surface area contributed by atoms with Crippen LogP contribution in [0, 0.1) is 0 Å². The predicted octanol–water partition coefficient (Wildman–Crippen LogP) is 4.26. The lowest BCUT2D eigenvalue weighted by atomic mass is 10.1. The van der Waals surface area contributed by atoms with Crippen LogP contribution in [0.2, 0.25) is 0 Å². The van der Waals surface area contributed by atoms with Gasteiger partial charge in [0.15, 0.2) is 5.76 Å². The Morgan fingerprint density at radius 2 is 1.75 bits per heavy atom. The van der Waals surface area contributed by atoms with Gasteiger partial charge in [0.2, 0.25) is 0 Å². The van der Waals surface area contributed by atoms with Crippen LogP contribution >= 0.6 is 15.9 Å². The van der Waals surface area contributed by atoms with Gasteiger partial charge >= 0.3 is 0 Å². The lowest BCUT2D eigenvalue weighted by Gasteiger charge is -1.97. The van der Waals surface area contributed by atoms with Crippen LogP contribution < -0.4 is 0 Å². The standard InChI is InChI=1S/C13H8BrNO/c14-10-7-4-8-11-12(10)13(16-15-11)9-5-2-1-3-6-9/h1-8H. The Kier molecular flexibility index (Phi) is 2.26. The van der Waals surface area contributed by atoms with Crippen molar-refractivity contribution >= 4 is 26.8 Å². The van der Waals surface area contributed by atoms with E-state index >= 15 is 0 Å². The molecule has 0 aliphatic rings. The van der Waals surface area contributed by atoms with Crippen LogP contribution in [0.3, 0.4) is 0 Å². The maximum Gasteiger partial charge on any atom is 0.175 e. The van der Waals surface area contributed by atoms with E-state index < -0.39 is 0 Å². The Labute approximate surface area is 101 Å². The number of nitrogens with zero attached hydrogens (tertiary/aromatic N) is 1. The van der Waals surface area contributed by atoms with Gasteiger partial charge in [0.1, 0.15) is 5.52 Å². The third-order valence-corrected chi connectivity index (χ3v) is 3.15. The highest BCUT2D eigenvalue weighted by Gasteiger charge is 2.12. The zero-order valence-electron chi connectivity index (χ0n) is 8.35. The van der Waals surface area contributed by atoms with Crippen molar-refractivity contribution < 1.29 is 4.52 Å². The lowest BCUT2D eigenvalue weighted by Crippen LogP contribution is -1.75. The Balaban J connectivity index is 2.33. The normalized spacial score (nSPS) is 10.8. The minimum Gasteiger partial charge on any atom is -0.355 e. The predicted molar refractivity (Wildman–Crippen MR) is 67.1 cm³/mol.